The van der Waals surface area contributed by atoms with Gasteiger partial charge in [-0.1, -0.05) is 49.6 Å². The first kappa shape index (κ1) is 18.7. The SMILES string of the molecule is O=C(O)[C@@H]1Cc2c(ncn2Cc2ccccc2)CN1C(=O)CC1CCCCC1. The Labute approximate surface area is 165 Å². The number of amides is 1. The van der Waals surface area contributed by atoms with E-state index in [4.69, 9.17) is 0 Å². The molecule has 0 saturated heterocycles. The van der Waals surface area contributed by atoms with Crippen LogP contribution in [0.3, 0.4) is 0 Å². The van der Waals surface area contributed by atoms with E-state index < -0.39 is 12.0 Å². The van der Waals surface area contributed by atoms with Gasteiger partial charge in [0, 0.05) is 25.1 Å². The lowest BCUT2D eigenvalue weighted by molar-refractivity contribution is -0.152. The van der Waals surface area contributed by atoms with Crippen molar-refractivity contribution in [3.63, 3.8) is 0 Å². The summed E-state index contributed by atoms with van der Waals surface area (Å²) in [5.41, 5.74) is 2.90. The molecule has 1 aliphatic carbocycles. The molecule has 28 heavy (non-hydrogen) atoms. The second-order valence-electron chi connectivity index (χ2n) is 8.04. The Morgan fingerprint density at radius 2 is 1.86 bits per heavy atom. The van der Waals surface area contributed by atoms with Gasteiger partial charge < -0.3 is 14.6 Å². The predicted molar refractivity (Wildman–Crippen MR) is 105 cm³/mol. The maximum Gasteiger partial charge on any atom is 0.326 e. The van der Waals surface area contributed by atoms with Crippen LogP contribution in [0.15, 0.2) is 36.7 Å². The van der Waals surface area contributed by atoms with Gasteiger partial charge >= 0.3 is 5.97 Å². The first-order valence-corrected chi connectivity index (χ1v) is 10.2. The molecule has 1 atom stereocenters. The van der Waals surface area contributed by atoms with E-state index in [-0.39, 0.29) is 5.91 Å². The molecule has 2 aliphatic rings. The van der Waals surface area contributed by atoms with Crippen LogP contribution >= 0.6 is 0 Å². The molecule has 0 unspecified atom stereocenters. The fraction of sp³-hybridized carbons (Fsp3) is 0.500. The van der Waals surface area contributed by atoms with Crippen molar-refractivity contribution in [3.8, 4) is 0 Å². The zero-order valence-electron chi connectivity index (χ0n) is 16.1. The highest BCUT2D eigenvalue weighted by Gasteiger charge is 2.37. The summed E-state index contributed by atoms with van der Waals surface area (Å²) in [6, 6.07) is 9.24. The van der Waals surface area contributed by atoms with E-state index in [9.17, 15) is 14.7 Å². The van der Waals surface area contributed by atoms with E-state index >= 15 is 0 Å². The van der Waals surface area contributed by atoms with Crippen LogP contribution in [0.4, 0.5) is 0 Å². The summed E-state index contributed by atoms with van der Waals surface area (Å²) < 4.78 is 2.02. The minimum Gasteiger partial charge on any atom is -0.480 e. The molecule has 0 radical (unpaired) electrons. The number of hydrogen-bond acceptors (Lipinski definition) is 3. The summed E-state index contributed by atoms with van der Waals surface area (Å²) >= 11 is 0. The van der Waals surface area contributed by atoms with E-state index in [2.05, 4.69) is 4.98 Å². The zero-order valence-corrected chi connectivity index (χ0v) is 16.1. The molecular weight excluding hydrogens is 354 g/mol. The Morgan fingerprint density at radius 3 is 2.57 bits per heavy atom. The number of hydrogen-bond donors (Lipinski definition) is 1. The van der Waals surface area contributed by atoms with Gasteiger partial charge in [0.1, 0.15) is 6.04 Å². The summed E-state index contributed by atoms with van der Waals surface area (Å²) in [5.74, 6) is -0.578. The minimum atomic E-state index is -0.935. The number of fused-ring (bicyclic) bond motifs is 1. The lowest BCUT2D eigenvalue weighted by Gasteiger charge is -2.34. The van der Waals surface area contributed by atoms with Crippen LogP contribution in [0.2, 0.25) is 0 Å². The molecule has 6 heteroatoms. The lowest BCUT2D eigenvalue weighted by atomic mass is 9.86. The second kappa shape index (κ2) is 8.17. The Morgan fingerprint density at radius 1 is 1.11 bits per heavy atom. The minimum absolute atomic E-state index is 0.0393. The molecule has 1 aromatic carbocycles. The van der Waals surface area contributed by atoms with Crippen LogP contribution in [-0.4, -0.2) is 37.5 Å². The number of carboxylic acid groups (broad SMARTS) is 1. The molecule has 1 N–H and O–H groups in total. The molecule has 0 bridgehead atoms. The Kier molecular flexibility index (Phi) is 5.46. The van der Waals surface area contributed by atoms with Crippen LogP contribution in [0.25, 0.3) is 0 Å². The van der Waals surface area contributed by atoms with Gasteiger partial charge in [0.25, 0.3) is 0 Å². The fourth-order valence-corrected chi connectivity index (χ4v) is 4.54. The third kappa shape index (κ3) is 3.96. The van der Waals surface area contributed by atoms with Gasteiger partial charge in [-0.05, 0) is 24.3 Å². The quantitative estimate of drug-likeness (QED) is 0.863. The molecular formula is C22H27N3O3. The summed E-state index contributed by atoms with van der Waals surface area (Å²) in [6.07, 6.45) is 8.29. The molecule has 6 nitrogen and oxygen atoms in total. The number of carboxylic acids is 1. The van der Waals surface area contributed by atoms with Crippen molar-refractivity contribution in [1.29, 1.82) is 0 Å². The average molecular weight is 381 g/mol. The van der Waals surface area contributed by atoms with Crippen LogP contribution < -0.4 is 0 Å². The molecule has 148 valence electrons. The van der Waals surface area contributed by atoms with Crippen molar-refractivity contribution in [2.24, 2.45) is 5.92 Å². The predicted octanol–water partition coefficient (Wildman–Crippen LogP) is 3.24. The summed E-state index contributed by atoms with van der Waals surface area (Å²) in [6.45, 7) is 0.950. The number of nitrogens with zero attached hydrogens (tertiary/aromatic N) is 3. The van der Waals surface area contributed by atoms with Gasteiger partial charge in [0.05, 0.1) is 18.6 Å². The topological polar surface area (TPSA) is 75.4 Å². The third-order valence-corrected chi connectivity index (χ3v) is 6.10. The maximum atomic E-state index is 12.9. The normalized spacial score (nSPS) is 20.0. The monoisotopic (exact) mass is 381 g/mol. The van der Waals surface area contributed by atoms with E-state index in [0.29, 0.717) is 31.8 Å². The molecule has 1 amide bonds. The number of aromatic nitrogens is 2. The Bertz CT molecular complexity index is 840. The number of carbonyl (C=O) groups excluding carboxylic acids is 1. The van der Waals surface area contributed by atoms with Crippen molar-refractivity contribution < 1.29 is 14.7 Å². The van der Waals surface area contributed by atoms with Gasteiger partial charge in [-0.3, -0.25) is 4.79 Å². The van der Waals surface area contributed by atoms with Crippen LogP contribution in [-0.2, 0) is 29.1 Å². The first-order chi connectivity index (χ1) is 13.6. The summed E-state index contributed by atoms with van der Waals surface area (Å²) in [7, 11) is 0. The largest absolute Gasteiger partial charge is 0.480 e. The van der Waals surface area contributed by atoms with Crippen molar-refractivity contribution in [3.05, 3.63) is 53.6 Å². The summed E-state index contributed by atoms with van der Waals surface area (Å²) in [5, 5.41) is 9.78. The van der Waals surface area contributed by atoms with Crippen molar-refractivity contribution in [2.45, 2.75) is 64.1 Å². The van der Waals surface area contributed by atoms with E-state index in [1.165, 1.54) is 19.3 Å². The molecule has 4 rings (SSSR count). The van der Waals surface area contributed by atoms with E-state index in [1.54, 1.807) is 11.2 Å². The van der Waals surface area contributed by atoms with Gasteiger partial charge in [-0.15, -0.1) is 0 Å². The van der Waals surface area contributed by atoms with Crippen molar-refractivity contribution in [1.82, 2.24) is 14.5 Å². The lowest BCUT2D eigenvalue weighted by Crippen LogP contribution is -2.49. The smallest absolute Gasteiger partial charge is 0.326 e. The first-order valence-electron chi connectivity index (χ1n) is 10.2. The molecule has 2 heterocycles. The van der Waals surface area contributed by atoms with Crippen LogP contribution in [0.5, 0.6) is 0 Å². The standard InChI is InChI=1S/C22H27N3O3/c26-21(11-16-7-3-1-4-8-16)25-14-18-19(12-20(25)22(27)28)24(15-23-18)13-17-9-5-2-6-10-17/h2,5-6,9-10,15-16,20H,1,3-4,7-8,11-14H2,(H,27,28)/t20-/m0/s1. The van der Waals surface area contributed by atoms with Crippen molar-refractivity contribution in [2.75, 3.05) is 0 Å². The Hall–Kier alpha value is -2.63. The summed E-state index contributed by atoms with van der Waals surface area (Å²) in [4.78, 5) is 30.9. The molecule has 1 aromatic heterocycles. The molecule has 1 saturated carbocycles. The van der Waals surface area contributed by atoms with Crippen LogP contribution in [0, 0.1) is 5.92 Å². The zero-order chi connectivity index (χ0) is 19.5. The van der Waals surface area contributed by atoms with Crippen molar-refractivity contribution >= 4 is 11.9 Å². The third-order valence-electron chi connectivity index (χ3n) is 6.10. The molecule has 1 aliphatic heterocycles. The number of carbonyl (C=O) groups is 2. The molecule has 2 aromatic rings. The number of aliphatic carboxylic acids is 1. The van der Waals surface area contributed by atoms with Gasteiger partial charge in [0.2, 0.25) is 5.91 Å². The van der Waals surface area contributed by atoms with E-state index in [0.717, 1.165) is 29.8 Å². The van der Waals surface area contributed by atoms with E-state index in [1.807, 2.05) is 34.9 Å². The highest BCUT2D eigenvalue weighted by Crippen LogP contribution is 2.29. The van der Waals surface area contributed by atoms with Gasteiger partial charge in [0.15, 0.2) is 0 Å². The van der Waals surface area contributed by atoms with Gasteiger partial charge in [-0.2, -0.15) is 0 Å². The average Bonchev–Trinajstić information content (AvgIpc) is 3.10. The molecule has 1 fully saturated rings. The van der Waals surface area contributed by atoms with Gasteiger partial charge in [-0.25, -0.2) is 9.78 Å². The molecule has 0 spiro atoms. The second-order valence-corrected chi connectivity index (χ2v) is 8.04. The Balaban J connectivity index is 1.52. The fourth-order valence-electron chi connectivity index (χ4n) is 4.54. The van der Waals surface area contributed by atoms with Crippen LogP contribution in [0.1, 0.15) is 55.5 Å². The highest BCUT2D eigenvalue weighted by molar-refractivity contribution is 5.84. The number of imidazole rings is 1. The number of benzene rings is 1. The highest BCUT2D eigenvalue weighted by atomic mass is 16.4. The number of rotatable bonds is 5. The maximum absolute atomic E-state index is 12.9.